The van der Waals surface area contributed by atoms with Gasteiger partial charge < -0.3 is 15.2 Å². The molecule has 0 spiro atoms. The summed E-state index contributed by atoms with van der Waals surface area (Å²) in [6.07, 6.45) is 6.89. The van der Waals surface area contributed by atoms with Gasteiger partial charge in [-0.25, -0.2) is 4.79 Å². The number of amides is 1. The number of ether oxygens (including phenoxy) is 1. The van der Waals surface area contributed by atoms with E-state index in [1.807, 2.05) is 31.2 Å². The van der Waals surface area contributed by atoms with Gasteiger partial charge in [-0.1, -0.05) is 55.9 Å². The Balaban J connectivity index is 1.77. The first-order valence-corrected chi connectivity index (χ1v) is 12.0. The molecule has 3 atom stereocenters. The van der Waals surface area contributed by atoms with Gasteiger partial charge in [0.25, 0.3) is 0 Å². The SMILES string of the molecule is C=C(C)C[C@H](C[C@H](O)[C@H](CC1CCCCC1)OC(=O)c1cnc2ccccc2c1)C(=O)NC. The van der Waals surface area contributed by atoms with Gasteiger partial charge in [0.1, 0.15) is 6.10 Å². The van der Waals surface area contributed by atoms with Crippen molar-refractivity contribution < 1.29 is 19.4 Å². The third kappa shape index (κ3) is 7.13. The number of nitrogens with one attached hydrogen (secondary N) is 1. The third-order valence-corrected chi connectivity index (χ3v) is 6.54. The first-order chi connectivity index (χ1) is 15.9. The molecule has 1 heterocycles. The predicted molar refractivity (Wildman–Crippen MR) is 130 cm³/mol. The maximum Gasteiger partial charge on any atom is 0.340 e. The monoisotopic (exact) mass is 452 g/mol. The van der Waals surface area contributed by atoms with Crippen molar-refractivity contribution in [2.75, 3.05) is 7.05 Å². The minimum atomic E-state index is -0.939. The standard InChI is InChI=1S/C27H36N2O4/c1-18(2)13-21(26(31)28-3)16-24(30)25(14-19-9-5-4-6-10-19)33-27(32)22-15-20-11-7-8-12-23(20)29-17-22/h7-8,11-12,15,17,19,21,24-25,30H,1,4-6,9-10,13-14,16H2,2-3H3,(H,28,31)/t21-,24+,25+/m1/s1. The number of fused-ring (bicyclic) bond motifs is 1. The zero-order chi connectivity index (χ0) is 23.8. The number of allylic oxidation sites excluding steroid dienone is 1. The second-order valence-corrected chi connectivity index (χ2v) is 9.38. The molecule has 2 aromatic rings. The van der Waals surface area contributed by atoms with Gasteiger partial charge in [0.05, 0.1) is 17.2 Å². The van der Waals surface area contributed by atoms with E-state index in [1.165, 1.54) is 12.6 Å². The van der Waals surface area contributed by atoms with E-state index in [1.54, 1.807) is 13.1 Å². The Labute approximate surface area is 196 Å². The number of esters is 1. The van der Waals surface area contributed by atoms with Crippen molar-refractivity contribution in [3.63, 3.8) is 0 Å². The van der Waals surface area contributed by atoms with E-state index in [2.05, 4.69) is 16.9 Å². The van der Waals surface area contributed by atoms with Crippen LogP contribution in [0.3, 0.4) is 0 Å². The summed E-state index contributed by atoms with van der Waals surface area (Å²) in [5.74, 6) is -0.652. The van der Waals surface area contributed by atoms with Crippen molar-refractivity contribution in [3.8, 4) is 0 Å². The summed E-state index contributed by atoms with van der Waals surface area (Å²) in [6.45, 7) is 5.79. The summed E-state index contributed by atoms with van der Waals surface area (Å²) in [6, 6.07) is 9.36. The van der Waals surface area contributed by atoms with Crippen LogP contribution in [0.1, 0.15) is 68.6 Å². The molecular formula is C27H36N2O4. The smallest absolute Gasteiger partial charge is 0.340 e. The Hall–Kier alpha value is -2.73. The molecule has 0 aliphatic heterocycles. The number of hydrogen-bond acceptors (Lipinski definition) is 5. The van der Waals surface area contributed by atoms with Crippen molar-refractivity contribution in [1.82, 2.24) is 10.3 Å². The molecule has 1 aliphatic rings. The van der Waals surface area contributed by atoms with Gasteiger partial charge in [0.15, 0.2) is 0 Å². The van der Waals surface area contributed by atoms with Gasteiger partial charge in [-0.05, 0) is 44.2 Å². The van der Waals surface area contributed by atoms with Crippen molar-refractivity contribution in [1.29, 1.82) is 0 Å². The Morgan fingerprint density at radius 2 is 1.97 bits per heavy atom. The maximum absolute atomic E-state index is 13.0. The Morgan fingerprint density at radius 3 is 2.67 bits per heavy atom. The van der Waals surface area contributed by atoms with Crippen LogP contribution in [0.5, 0.6) is 0 Å². The van der Waals surface area contributed by atoms with Gasteiger partial charge in [0, 0.05) is 24.5 Å². The lowest BCUT2D eigenvalue weighted by molar-refractivity contribution is -0.126. The molecule has 1 fully saturated rings. The molecule has 1 aromatic carbocycles. The highest BCUT2D eigenvalue weighted by atomic mass is 16.6. The summed E-state index contributed by atoms with van der Waals surface area (Å²) in [5, 5.41) is 14.7. The van der Waals surface area contributed by atoms with E-state index < -0.39 is 24.1 Å². The fraction of sp³-hybridized carbons (Fsp3) is 0.519. The maximum atomic E-state index is 13.0. The van der Waals surface area contributed by atoms with E-state index in [0.717, 1.165) is 42.2 Å². The Bertz CT molecular complexity index is 968. The first kappa shape index (κ1) is 24.9. The van der Waals surface area contributed by atoms with Crippen molar-refractivity contribution in [3.05, 3.63) is 54.2 Å². The fourth-order valence-corrected chi connectivity index (χ4v) is 4.77. The van der Waals surface area contributed by atoms with Gasteiger partial charge in [-0.2, -0.15) is 0 Å². The number of aliphatic hydroxyl groups is 1. The van der Waals surface area contributed by atoms with Crippen molar-refractivity contribution in [2.45, 2.75) is 70.5 Å². The Morgan fingerprint density at radius 1 is 1.24 bits per heavy atom. The molecule has 3 rings (SSSR count). The largest absolute Gasteiger partial charge is 0.456 e. The van der Waals surface area contributed by atoms with Crippen LogP contribution in [-0.4, -0.2) is 41.2 Å². The topological polar surface area (TPSA) is 88.5 Å². The highest BCUT2D eigenvalue weighted by Crippen LogP contribution is 2.31. The van der Waals surface area contributed by atoms with Gasteiger partial charge in [-0.15, -0.1) is 6.58 Å². The van der Waals surface area contributed by atoms with Crippen molar-refractivity contribution >= 4 is 22.8 Å². The van der Waals surface area contributed by atoms with Gasteiger partial charge in [-0.3, -0.25) is 9.78 Å². The number of pyridine rings is 1. The molecule has 0 radical (unpaired) electrons. The molecule has 33 heavy (non-hydrogen) atoms. The van der Waals surface area contributed by atoms with Crippen LogP contribution in [0.4, 0.5) is 0 Å². The summed E-state index contributed by atoms with van der Waals surface area (Å²) < 4.78 is 5.89. The third-order valence-electron chi connectivity index (χ3n) is 6.54. The van der Waals surface area contributed by atoms with Crippen molar-refractivity contribution in [2.24, 2.45) is 11.8 Å². The number of carbonyl (C=O) groups is 2. The second kappa shape index (κ2) is 11.9. The zero-order valence-corrected chi connectivity index (χ0v) is 19.8. The van der Waals surface area contributed by atoms with Crippen LogP contribution in [0.15, 0.2) is 48.7 Å². The van der Waals surface area contributed by atoms with Gasteiger partial charge in [0.2, 0.25) is 5.91 Å². The lowest BCUT2D eigenvalue weighted by Crippen LogP contribution is -2.38. The first-order valence-electron chi connectivity index (χ1n) is 12.0. The van der Waals surface area contributed by atoms with Gasteiger partial charge >= 0.3 is 5.97 Å². The van der Waals surface area contributed by atoms with E-state index in [0.29, 0.717) is 24.3 Å². The predicted octanol–water partition coefficient (Wildman–Crippen LogP) is 4.81. The summed E-state index contributed by atoms with van der Waals surface area (Å²) in [7, 11) is 1.59. The molecule has 0 unspecified atom stereocenters. The van der Waals surface area contributed by atoms with E-state index in [4.69, 9.17) is 4.74 Å². The van der Waals surface area contributed by atoms with E-state index >= 15 is 0 Å². The number of aromatic nitrogens is 1. The molecule has 1 amide bonds. The molecule has 0 saturated heterocycles. The molecular weight excluding hydrogens is 416 g/mol. The highest BCUT2D eigenvalue weighted by Gasteiger charge is 2.32. The average Bonchev–Trinajstić information content (AvgIpc) is 2.82. The second-order valence-electron chi connectivity index (χ2n) is 9.38. The van der Waals surface area contributed by atoms with Crippen LogP contribution in [0.25, 0.3) is 10.9 Å². The number of rotatable bonds is 10. The number of benzene rings is 1. The number of aliphatic hydroxyl groups excluding tert-OH is 1. The average molecular weight is 453 g/mol. The zero-order valence-electron chi connectivity index (χ0n) is 19.8. The molecule has 1 saturated carbocycles. The lowest BCUT2D eigenvalue weighted by Gasteiger charge is -2.30. The number of hydrogen-bond donors (Lipinski definition) is 2. The normalized spacial score (nSPS) is 17.2. The molecule has 6 heteroatoms. The molecule has 2 N–H and O–H groups in total. The lowest BCUT2D eigenvalue weighted by atomic mass is 9.83. The van der Waals surface area contributed by atoms with E-state index in [9.17, 15) is 14.7 Å². The van der Waals surface area contributed by atoms with E-state index in [-0.39, 0.29) is 12.3 Å². The number of nitrogens with zero attached hydrogens (tertiary/aromatic N) is 1. The molecule has 1 aromatic heterocycles. The minimum absolute atomic E-state index is 0.140. The minimum Gasteiger partial charge on any atom is -0.456 e. The van der Waals surface area contributed by atoms with Crippen LogP contribution in [0, 0.1) is 11.8 Å². The number of para-hydroxylation sites is 1. The molecule has 178 valence electrons. The Kier molecular flexibility index (Phi) is 9.01. The molecule has 6 nitrogen and oxygen atoms in total. The summed E-state index contributed by atoms with van der Waals surface area (Å²) in [5.41, 5.74) is 2.04. The van der Waals surface area contributed by atoms with Crippen LogP contribution < -0.4 is 5.32 Å². The number of carbonyl (C=O) groups excluding carboxylic acids is 2. The quantitative estimate of drug-likeness (QED) is 0.399. The molecule has 1 aliphatic carbocycles. The van der Waals surface area contributed by atoms with Crippen LogP contribution >= 0.6 is 0 Å². The van der Waals surface area contributed by atoms with Crippen LogP contribution in [0.2, 0.25) is 0 Å². The fourth-order valence-electron chi connectivity index (χ4n) is 4.77. The molecule has 0 bridgehead atoms. The summed E-state index contributed by atoms with van der Waals surface area (Å²) >= 11 is 0. The highest BCUT2D eigenvalue weighted by molar-refractivity contribution is 5.93. The van der Waals surface area contributed by atoms with Crippen LogP contribution in [-0.2, 0) is 9.53 Å². The summed E-state index contributed by atoms with van der Waals surface area (Å²) in [4.78, 5) is 29.8.